The summed E-state index contributed by atoms with van der Waals surface area (Å²) in [6.45, 7) is -0.665. The summed E-state index contributed by atoms with van der Waals surface area (Å²) in [6.07, 6.45) is -4.68. The molecule has 2 aromatic carbocycles. The van der Waals surface area contributed by atoms with E-state index in [9.17, 15) is 35.4 Å². The Kier molecular flexibility index (Phi) is 6.70. The lowest BCUT2D eigenvalue weighted by Crippen LogP contribution is -2.60. The third kappa shape index (κ3) is 4.61. The van der Waals surface area contributed by atoms with Crippen molar-refractivity contribution in [3.05, 3.63) is 59.2 Å². The minimum absolute atomic E-state index is 0.131. The number of benzene rings is 2. The quantitative estimate of drug-likeness (QED) is 0.366. The Bertz CT molecular complexity index is 910. The number of phenols is 1. The van der Waals surface area contributed by atoms with E-state index in [4.69, 9.17) is 9.47 Å². The summed E-state index contributed by atoms with van der Waals surface area (Å²) in [5, 5.41) is 58.9. The van der Waals surface area contributed by atoms with Gasteiger partial charge in [0.05, 0.1) is 6.61 Å². The van der Waals surface area contributed by atoms with Gasteiger partial charge >= 0.3 is 5.97 Å². The molecule has 0 saturated carbocycles. The Morgan fingerprint density at radius 2 is 1.73 bits per heavy atom. The predicted octanol–water partition coefficient (Wildman–Crippen LogP) is 0.439. The zero-order chi connectivity index (χ0) is 21.8. The maximum absolute atomic E-state index is 11.9. The smallest absolute Gasteiger partial charge is 0.340 e. The molecule has 5 atom stereocenters. The number of aliphatic hydroxyl groups excluding tert-OH is 4. The number of carbonyl (C=O) groups is 1. The number of aromatic hydroxyl groups is 1. The average molecular weight is 418 g/mol. The monoisotopic (exact) mass is 418 g/mol. The highest BCUT2D eigenvalue weighted by atomic mass is 16.7. The van der Waals surface area contributed by atoms with Crippen LogP contribution in [0, 0.1) is 0 Å². The molecule has 2 aromatic rings. The fourth-order valence-corrected chi connectivity index (χ4v) is 3.12. The Labute approximate surface area is 171 Å². The second-order valence-corrected chi connectivity index (χ2v) is 6.77. The first kappa shape index (κ1) is 21.8. The molecule has 1 saturated heterocycles. The molecule has 0 aliphatic carbocycles. The van der Waals surface area contributed by atoms with Gasteiger partial charge in [-0.3, -0.25) is 0 Å². The Morgan fingerprint density at radius 3 is 2.37 bits per heavy atom. The van der Waals surface area contributed by atoms with Crippen LogP contribution >= 0.6 is 0 Å². The van der Waals surface area contributed by atoms with E-state index in [0.717, 1.165) is 11.6 Å². The van der Waals surface area contributed by atoms with Gasteiger partial charge < -0.3 is 40.1 Å². The van der Waals surface area contributed by atoms with E-state index in [1.165, 1.54) is 12.1 Å². The molecule has 6 N–H and O–H groups in total. The molecule has 0 radical (unpaired) electrons. The van der Waals surface area contributed by atoms with Crippen molar-refractivity contribution in [3.8, 4) is 11.5 Å². The highest BCUT2D eigenvalue weighted by Crippen LogP contribution is 2.33. The third-order valence-electron chi connectivity index (χ3n) is 4.68. The lowest BCUT2D eigenvalue weighted by Gasteiger charge is -2.39. The number of carboxylic acids is 1. The standard InChI is InChI=1S/C21H22O9/c22-10-15-17(24)18(25)19(26)21(30-15)29-14-9-13(23)8-12(16(14)20(27)28)7-6-11-4-2-1-3-5-11/h1-9,15,17-19,21-26H,10H2,(H,27,28)/b7-6+/t15-,17-,18+,19-,21-/m1/s1. The zero-order valence-corrected chi connectivity index (χ0v) is 15.7. The van der Waals surface area contributed by atoms with Gasteiger partial charge in [-0.25, -0.2) is 4.79 Å². The normalized spacial score (nSPS) is 26.6. The number of rotatable bonds is 6. The van der Waals surface area contributed by atoms with Crippen LogP contribution in [0.25, 0.3) is 12.2 Å². The number of ether oxygens (including phenoxy) is 2. The average Bonchev–Trinajstić information content (AvgIpc) is 2.72. The molecule has 0 unspecified atom stereocenters. The molecule has 0 bridgehead atoms. The summed E-state index contributed by atoms with van der Waals surface area (Å²) in [5.74, 6) is -1.98. The van der Waals surface area contributed by atoms with E-state index in [1.807, 2.05) is 30.3 Å². The van der Waals surface area contributed by atoms with Gasteiger partial charge in [-0.15, -0.1) is 0 Å². The molecule has 0 amide bonds. The van der Waals surface area contributed by atoms with Crippen LogP contribution < -0.4 is 4.74 Å². The van der Waals surface area contributed by atoms with Crippen molar-refractivity contribution >= 4 is 18.1 Å². The molecule has 1 aliphatic heterocycles. The van der Waals surface area contributed by atoms with Gasteiger partial charge in [0.15, 0.2) is 0 Å². The van der Waals surface area contributed by atoms with E-state index in [2.05, 4.69) is 0 Å². The SMILES string of the molecule is O=C(O)c1c(/C=C/c2ccccc2)cc(O)cc1O[C@@H]1O[C@H](CO)[C@@H](O)[C@H](O)[C@H]1O. The van der Waals surface area contributed by atoms with Crippen molar-refractivity contribution < 1.29 is 44.9 Å². The van der Waals surface area contributed by atoms with Crippen LogP contribution in [0.2, 0.25) is 0 Å². The van der Waals surface area contributed by atoms with Crippen LogP contribution in [0.5, 0.6) is 11.5 Å². The van der Waals surface area contributed by atoms with Crippen molar-refractivity contribution in [1.29, 1.82) is 0 Å². The summed E-state index contributed by atoms with van der Waals surface area (Å²) < 4.78 is 10.7. The second kappa shape index (κ2) is 9.24. The van der Waals surface area contributed by atoms with E-state index < -0.39 is 43.3 Å². The highest BCUT2D eigenvalue weighted by molar-refractivity contribution is 5.97. The largest absolute Gasteiger partial charge is 0.508 e. The molecule has 1 fully saturated rings. The van der Waals surface area contributed by atoms with E-state index in [0.29, 0.717) is 0 Å². The molecular formula is C21H22O9. The summed E-state index contributed by atoms with van der Waals surface area (Å²) in [5.41, 5.74) is 0.622. The van der Waals surface area contributed by atoms with Crippen LogP contribution in [-0.2, 0) is 4.74 Å². The molecule has 160 valence electrons. The molecular weight excluding hydrogens is 396 g/mol. The number of aliphatic hydroxyl groups is 4. The van der Waals surface area contributed by atoms with Crippen LogP contribution in [-0.4, -0.2) is 73.9 Å². The van der Waals surface area contributed by atoms with Crippen molar-refractivity contribution in [2.75, 3.05) is 6.61 Å². The first-order valence-electron chi connectivity index (χ1n) is 9.12. The molecule has 30 heavy (non-hydrogen) atoms. The lowest BCUT2D eigenvalue weighted by molar-refractivity contribution is -0.277. The van der Waals surface area contributed by atoms with Crippen molar-refractivity contribution in [2.45, 2.75) is 30.7 Å². The van der Waals surface area contributed by atoms with Gasteiger partial charge in [0, 0.05) is 6.07 Å². The van der Waals surface area contributed by atoms with Crippen molar-refractivity contribution in [1.82, 2.24) is 0 Å². The molecule has 0 spiro atoms. The number of phenolic OH excluding ortho intramolecular Hbond substituents is 1. The van der Waals surface area contributed by atoms with Gasteiger partial charge in [0.2, 0.25) is 6.29 Å². The van der Waals surface area contributed by atoms with E-state index in [1.54, 1.807) is 6.08 Å². The maximum Gasteiger partial charge on any atom is 0.340 e. The first-order chi connectivity index (χ1) is 14.3. The minimum Gasteiger partial charge on any atom is -0.508 e. The van der Waals surface area contributed by atoms with E-state index >= 15 is 0 Å². The van der Waals surface area contributed by atoms with Gasteiger partial charge in [0.1, 0.15) is 41.5 Å². The Hall–Kier alpha value is -2.95. The fraction of sp³-hybridized carbons (Fsp3) is 0.286. The summed E-state index contributed by atoms with van der Waals surface area (Å²) in [6, 6.07) is 11.4. The summed E-state index contributed by atoms with van der Waals surface area (Å²) in [7, 11) is 0. The third-order valence-corrected chi connectivity index (χ3v) is 4.68. The molecule has 1 aliphatic rings. The number of hydrogen-bond acceptors (Lipinski definition) is 8. The molecule has 0 aromatic heterocycles. The van der Waals surface area contributed by atoms with Crippen LogP contribution in [0.3, 0.4) is 0 Å². The maximum atomic E-state index is 11.9. The Balaban J connectivity index is 1.95. The van der Waals surface area contributed by atoms with Crippen LogP contribution in [0.4, 0.5) is 0 Å². The summed E-state index contributed by atoms with van der Waals surface area (Å²) >= 11 is 0. The number of carboxylic acid groups (broad SMARTS) is 1. The number of hydrogen-bond donors (Lipinski definition) is 6. The van der Waals surface area contributed by atoms with Gasteiger partial charge in [-0.2, -0.15) is 0 Å². The Morgan fingerprint density at radius 1 is 1.03 bits per heavy atom. The highest BCUT2D eigenvalue weighted by Gasteiger charge is 2.45. The van der Waals surface area contributed by atoms with Gasteiger partial charge in [0.25, 0.3) is 0 Å². The summed E-state index contributed by atoms with van der Waals surface area (Å²) in [4.78, 5) is 11.9. The predicted molar refractivity (Wildman–Crippen MR) is 105 cm³/mol. The minimum atomic E-state index is -1.73. The second-order valence-electron chi connectivity index (χ2n) is 6.77. The topological polar surface area (TPSA) is 157 Å². The lowest BCUT2D eigenvalue weighted by atomic mass is 9.99. The fourth-order valence-electron chi connectivity index (χ4n) is 3.12. The van der Waals surface area contributed by atoms with Crippen molar-refractivity contribution in [3.63, 3.8) is 0 Å². The van der Waals surface area contributed by atoms with Crippen LogP contribution in [0.1, 0.15) is 21.5 Å². The first-order valence-corrected chi connectivity index (χ1v) is 9.12. The van der Waals surface area contributed by atoms with Gasteiger partial charge in [-0.05, 0) is 17.2 Å². The molecule has 1 heterocycles. The van der Waals surface area contributed by atoms with E-state index in [-0.39, 0.29) is 22.6 Å². The van der Waals surface area contributed by atoms with Gasteiger partial charge in [-0.1, -0.05) is 42.5 Å². The van der Waals surface area contributed by atoms with Crippen LogP contribution in [0.15, 0.2) is 42.5 Å². The molecule has 3 rings (SSSR count). The number of aromatic carboxylic acids is 1. The zero-order valence-electron chi connectivity index (χ0n) is 15.7. The molecule has 9 nitrogen and oxygen atoms in total. The molecule has 9 heteroatoms. The van der Waals surface area contributed by atoms with Crippen molar-refractivity contribution in [2.24, 2.45) is 0 Å².